The minimum atomic E-state index is -0.0850. The number of rotatable bonds is 6. The molecule has 1 aromatic rings. The maximum atomic E-state index is 11.4. The van der Waals surface area contributed by atoms with Crippen molar-refractivity contribution in [2.24, 2.45) is 0 Å². The van der Waals surface area contributed by atoms with Gasteiger partial charge in [0, 0.05) is 6.04 Å². The average Bonchev–Trinajstić information content (AvgIpc) is 2.42. The van der Waals surface area contributed by atoms with Gasteiger partial charge in [0.2, 0.25) is 0 Å². The molecule has 0 aliphatic carbocycles. The summed E-state index contributed by atoms with van der Waals surface area (Å²) >= 11 is 0. The van der Waals surface area contributed by atoms with Gasteiger partial charge < -0.3 is 15.4 Å². The molecule has 19 heavy (non-hydrogen) atoms. The molecule has 0 saturated carbocycles. The standard InChI is InChI=1S/C15H22N2O2/c1-3-5-12(16-8-4-2)11-6-7-14-13(9-11)17-15(18)10-19-14/h6-7,9,12,16H,3-5,8,10H2,1-2H3,(H,17,18). The maximum Gasteiger partial charge on any atom is 0.262 e. The first-order valence-electron chi connectivity index (χ1n) is 7.04. The number of fused-ring (bicyclic) bond motifs is 1. The van der Waals surface area contributed by atoms with E-state index in [9.17, 15) is 4.79 Å². The minimum absolute atomic E-state index is 0.0850. The Kier molecular flexibility index (Phi) is 4.80. The first-order valence-corrected chi connectivity index (χ1v) is 7.04. The van der Waals surface area contributed by atoms with Crippen LogP contribution in [0.5, 0.6) is 5.75 Å². The molecule has 0 spiro atoms. The maximum absolute atomic E-state index is 11.4. The van der Waals surface area contributed by atoms with Crippen molar-refractivity contribution in [1.29, 1.82) is 0 Å². The zero-order chi connectivity index (χ0) is 13.7. The fraction of sp³-hybridized carbons (Fsp3) is 0.533. The molecule has 0 aromatic heterocycles. The SMILES string of the molecule is CCCNC(CCC)c1ccc2c(c1)NC(=O)CO2. The van der Waals surface area contributed by atoms with Crippen molar-refractivity contribution in [3.8, 4) is 5.75 Å². The van der Waals surface area contributed by atoms with Crippen LogP contribution in [0.3, 0.4) is 0 Å². The van der Waals surface area contributed by atoms with Gasteiger partial charge in [0.25, 0.3) is 5.91 Å². The van der Waals surface area contributed by atoms with Gasteiger partial charge in [-0.2, -0.15) is 0 Å². The van der Waals surface area contributed by atoms with Crippen LogP contribution in [0.25, 0.3) is 0 Å². The van der Waals surface area contributed by atoms with E-state index in [2.05, 4.69) is 30.5 Å². The molecule has 1 unspecified atom stereocenters. The van der Waals surface area contributed by atoms with E-state index < -0.39 is 0 Å². The number of carbonyl (C=O) groups excluding carboxylic acids is 1. The van der Waals surface area contributed by atoms with Crippen molar-refractivity contribution < 1.29 is 9.53 Å². The van der Waals surface area contributed by atoms with Crippen LogP contribution < -0.4 is 15.4 Å². The molecule has 0 bridgehead atoms. The van der Waals surface area contributed by atoms with E-state index in [1.807, 2.05) is 12.1 Å². The number of ether oxygens (including phenoxy) is 1. The minimum Gasteiger partial charge on any atom is -0.482 e. The fourth-order valence-corrected chi connectivity index (χ4v) is 2.31. The number of hydrogen-bond acceptors (Lipinski definition) is 3. The van der Waals surface area contributed by atoms with Gasteiger partial charge in [-0.3, -0.25) is 4.79 Å². The Balaban J connectivity index is 2.18. The van der Waals surface area contributed by atoms with Crippen LogP contribution in [0.15, 0.2) is 18.2 Å². The quantitative estimate of drug-likeness (QED) is 0.829. The first-order chi connectivity index (χ1) is 9.24. The van der Waals surface area contributed by atoms with Crippen LogP contribution in [-0.4, -0.2) is 19.1 Å². The number of benzene rings is 1. The van der Waals surface area contributed by atoms with Crippen molar-refractivity contribution in [3.63, 3.8) is 0 Å². The second-order valence-electron chi connectivity index (χ2n) is 4.89. The third-order valence-electron chi connectivity index (χ3n) is 3.26. The molecule has 0 fully saturated rings. The van der Waals surface area contributed by atoms with E-state index in [0.29, 0.717) is 6.04 Å². The molecule has 4 nitrogen and oxygen atoms in total. The molecule has 1 aliphatic heterocycles. The Morgan fingerprint density at radius 1 is 1.37 bits per heavy atom. The number of hydrogen-bond donors (Lipinski definition) is 2. The van der Waals surface area contributed by atoms with E-state index in [-0.39, 0.29) is 12.5 Å². The van der Waals surface area contributed by atoms with Crippen LogP contribution in [0.2, 0.25) is 0 Å². The van der Waals surface area contributed by atoms with Gasteiger partial charge in [-0.1, -0.05) is 26.3 Å². The highest BCUT2D eigenvalue weighted by atomic mass is 16.5. The lowest BCUT2D eigenvalue weighted by atomic mass is 10.0. The lowest BCUT2D eigenvalue weighted by Crippen LogP contribution is -2.26. The smallest absolute Gasteiger partial charge is 0.262 e. The van der Waals surface area contributed by atoms with Crippen LogP contribution in [0, 0.1) is 0 Å². The van der Waals surface area contributed by atoms with Crippen molar-refractivity contribution in [2.75, 3.05) is 18.5 Å². The molecule has 1 aliphatic rings. The topological polar surface area (TPSA) is 50.4 Å². The van der Waals surface area contributed by atoms with Gasteiger partial charge in [-0.15, -0.1) is 0 Å². The molecule has 1 aromatic carbocycles. The van der Waals surface area contributed by atoms with E-state index in [1.165, 1.54) is 5.56 Å². The second kappa shape index (κ2) is 6.57. The summed E-state index contributed by atoms with van der Waals surface area (Å²) in [5.41, 5.74) is 1.99. The third kappa shape index (κ3) is 3.47. The van der Waals surface area contributed by atoms with E-state index in [1.54, 1.807) is 0 Å². The van der Waals surface area contributed by atoms with Gasteiger partial charge in [-0.25, -0.2) is 0 Å². The highest BCUT2D eigenvalue weighted by Gasteiger charge is 2.18. The third-order valence-corrected chi connectivity index (χ3v) is 3.26. The summed E-state index contributed by atoms with van der Waals surface area (Å²) in [6, 6.07) is 6.39. The summed E-state index contributed by atoms with van der Waals surface area (Å²) in [7, 11) is 0. The Hall–Kier alpha value is -1.55. The van der Waals surface area contributed by atoms with Crippen LogP contribution in [0.1, 0.15) is 44.7 Å². The predicted octanol–water partition coefficient (Wildman–Crippen LogP) is 2.86. The second-order valence-corrected chi connectivity index (χ2v) is 4.89. The van der Waals surface area contributed by atoms with Crippen molar-refractivity contribution in [2.45, 2.75) is 39.2 Å². The summed E-state index contributed by atoms with van der Waals surface area (Å²) in [4.78, 5) is 11.4. The molecule has 4 heteroatoms. The zero-order valence-corrected chi connectivity index (χ0v) is 11.7. The van der Waals surface area contributed by atoms with E-state index in [4.69, 9.17) is 4.74 Å². The Morgan fingerprint density at radius 3 is 2.95 bits per heavy atom. The predicted molar refractivity (Wildman–Crippen MR) is 76.5 cm³/mol. The van der Waals surface area contributed by atoms with Crippen LogP contribution >= 0.6 is 0 Å². The molecule has 2 rings (SSSR count). The Morgan fingerprint density at radius 2 is 2.21 bits per heavy atom. The molecule has 104 valence electrons. The molecule has 1 atom stereocenters. The van der Waals surface area contributed by atoms with Crippen LogP contribution in [0.4, 0.5) is 5.69 Å². The summed E-state index contributed by atoms with van der Waals surface area (Å²) in [6.07, 6.45) is 3.33. The number of anilines is 1. The van der Waals surface area contributed by atoms with E-state index >= 15 is 0 Å². The molecule has 2 N–H and O–H groups in total. The van der Waals surface area contributed by atoms with E-state index in [0.717, 1.165) is 37.2 Å². The largest absolute Gasteiger partial charge is 0.482 e. The Labute approximate surface area is 114 Å². The zero-order valence-electron chi connectivity index (χ0n) is 11.7. The van der Waals surface area contributed by atoms with Gasteiger partial charge in [0.15, 0.2) is 6.61 Å². The fourth-order valence-electron chi connectivity index (χ4n) is 2.31. The molecule has 0 saturated heterocycles. The first kappa shape index (κ1) is 13.9. The molecule has 1 amide bonds. The summed E-state index contributed by atoms with van der Waals surface area (Å²) < 4.78 is 5.38. The number of nitrogens with one attached hydrogen (secondary N) is 2. The molecule has 1 heterocycles. The molecular formula is C15H22N2O2. The van der Waals surface area contributed by atoms with Gasteiger partial charge in [0.05, 0.1) is 5.69 Å². The summed E-state index contributed by atoms with van der Waals surface area (Å²) in [6.45, 7) is 5.46. The average molecular weight is 262 g/mol. The normalized spacial score (nSPS) is 15.4. The number of amides is 1. The van der Waals surface area contributed by atoms with Gasteiger partial charge >= 0.3 is 0 Å². The van der Waals surface area contributed by atoms with Crippen LogP contribution in [-0.2, 0) is 4.79 Å². The lowest BCUT2D eigenvalue weighted by Gasteiger charge is -2.22. The molecular weight excluding hydrogens is 240 g/mol. The van der Waals surface area contributed by atoms with Crippen molar-refractivity contribution in [1.82, 2.24) is 5.32 Å². The lowest BCUT2D eigenvalue weighted by molar-refractivity contribution is -0.118. The van der Waals surface area contributed by atoms with Gasteiger partial charge in [0.1, 0.15) is 5.75 Å². The summed E-state index contributed by atoms with van der Waals surface area (Å²) in [5, 5.41) is 6.41. The Bertz CT molecular complexity index is 446. The highest BCUT2D eigenvalue weighted by molar-refractivity contribution is 5.95. The monoisotopic (exact) mass is 262 g/mol. The number of carbonyl (C=O) groups is 1. The van der Waals surface area contributed by atoms with Crippen molar-refractivity contribution >= 4 is 11.6 Å². The summed E-state index contributed by atoms with van der Waals surface area (Å²) in [5.74, 6) is 0.673. The highest BCUT2D eigenvalue weighted by Crippen LogP contribution is 2.31. The van der Waals surface area contributed by atoms with Gasteiger partial charge in [-0.05, 0) is 37.1 Å². The van der Waals surface area contributed by atoms with Crippen molar-refractivity contribution in [3.05, 3.63) is 23.8 Å². The molecule has 0 radical (unpaired) electrons.